The molecule has 0 spiro atoms. The monoisotopic (exact) mass is 383 g/mol. The smallest absolute Gasteiger partial charge is 0.228 e. The van der Waals surface area contributed by atoms with Gasteiger partial charge in [-0.3, -0.25) is 9.78 Å². The number of ether oxygens (including phenoxy) is 1. The summed E-state index contributed by atoms with van der Waals surface area (Å²) < 4.78 is 5.80. The number of hydrogen-bond acceptors (Lipinski definition) is 4. The third-order valence-electron chi connectivity index (χ3n) is 4.07. The fourth-order valence-corrected chi connectivity index (χ4v) is 2.92. The zero-order valence-corrected chi connectivity index (χ0v) is 16.2. The second kappa shape index (κ2) is 8.84. The molecule has 0 atom stereocenters. The number of pyridine rings is 1. The van der Waals surface area contributed by atoms with Crippen molar-refractivity contribution in [3.63, 3.8) is 0 Å². The van der Waals surface area contributed by atoms with Gasteiger partial charge in [0.2, 0.25) is 5.91 Å². The average molecular weight is 384 g/mol. The van der Waals surface area contributed by atoms with Crippen LogP contribution in [0.15, 0.2) is 54.9 Å². The van der Waals surface area contributed by atoms with Crippen LogP contribution in [0.4, 0.5) is 5.69 Å². The second-order valence-electron chi connectivity index (χ2n) is 6.58. The number of benzene rings is 2. The molecule has 0 fully saturated rings. The van der Waals surface area contributed by atoms with Crippen molar-refractivity contribution in [3.8, 4) is 5.75 Å². The number of likely N-dealkylation sites (N-methyl/N-ethyl adjacent to an activating group) is 1. The molecule has 0 bridgehead atoms. The third-order valence-corrected chi connectivity index (χ3v) is 4.30. The van der Waals surface area contributed by atoms with Gasteiger partial charge < -0.3 is 15.0 Å². The van der Waals surface area contributed by atoms with Crippen LogP contribution in [0.5, 0.6) is 5.75 Å². The first-order valence-corrected chi connectivity index (χ1v) is 9.08. The Labute approximate surface area is 163 Å². The number of halogens is 1. The molecule has 3 aromatic rings. The summed E-state index contributed by atoms with van der Waals surface area (Å²) in [5, 5.41) is 5.40. The number of carbonyl (C=O) groups is 1. The molecule has 1 heterocycles. The first kappa shape index (κ1) is 19.1. The summed E-state index contributed by atoms with van der Waals surface area (Å²) >= 11 is 5.99. The minimum absolute atomic E-state index is 0.120. The SMILES string of the molecule is CN(C)CCOc1ccc2cncc(NC(=O)Cc3cccc(Cl)c3)c2c1. The van der Waals surface area contributed by atoms with Crippen LogP contribution in [0.3, 0.4) is 0 Å². The van der Waals surface area contributed by atoms with Crippen LogP contribution in [-0.4, -0.2) is 43.0 Å². The van der Waals surface area contributed by atoms with Crippen LogP contribution in [0.2, 0.25) is 5.02 Å². The Hall–Kier alpha value is -2.63. The van der Waals surface area contributed by atoms with E-state index < -0.39 is 0 Å². The van der Waals surface area contributed by atoms with E-state index >= 15 is 0 Å². The number of aromatic nitrogens is 1. The first-order chi connectivity index (χ1) is 13.0. The molecular weight excluding hydrogens is 362 g/mol. The Morgan fingerprint density at radius 2 is 2.04 bits per heavy atom. The highest BCUT2D eigenvalue weighted by Gasteiger charge is 2.09. The molecule has 0 radical (unpaired) electrons. The summed E-state index contributed by atoms with van der Waals surface area (Å²) in [5.74, 6) is 0.645. The lowest BCUT2D eigenvalue weighted by atomic mass is 10.1. The molecule has 0 aliphatic carbocycles. The van der Waals surface area contributed by atoms with Gasteiger partial charge >= 0.3 is 0 Å². The molecule has 2 aromatic carbocycles. The predicted molar refractivity (Wildman–Crippen MR) is 110 cm³/mol. The molecular formula is C21H22ClN3O2. The maximum absolute atomic E-state index is 12.5. The van der Waals surface area contributed by atoms with Crippen molar-refractivity contribution in [3.05, 3.63) is 65.4 Å². The predicted octanol–water partition coefficient (Wildman–Crippen LogP) is 4.01. The molecule has 1 aromatic heterocycles. The fourth-order valence-electron chi connectivity index (χ4n) is 2.71. The van der Waals surface area contributed by atoms with Crippen molar-refractivity contribution in [2.75, 3.05) is 32.6 Å². The number of fused-ring (bicyclic) bond motifs is 1. The van der Waals surface area contributed by atoms with Gasteiger partial charge in [-0.1, -0.05) is 23.7 Å². The number of hydrogen-bond donors (Lipinski definition) is 1. The molecule has 27 heavy (non-hydrogen) atoms. The standard InChI is InChI=1S/C21H22ClN3O2/c1-25(2)8-9-27-18-7-6-16-13-23-14-20(19(16)12-18)24-21(26)11-15-4-3-5-17(22)10-15/h3-7,10,12-14H,8-9,11H2,1-2H3,(H,24,26). The van der Waals surface area contributed by atoms with Crippen molar-refractivity contribution in [2.24, 2.45) is 0 Å². The van der Waals surface area contributed by atoms with E-state index in [9.17, 15) is 4.79 Å². The van der Waals surface area contributed by atoms with E-state index in [0.717, 1.165) is 28.6 Å². The molecule has 5 nitrogen and oxygen atoms in total. The summed E-state index contributed by atoms with van der Waals surface area (Å²) in [6.07, 6.45) is 3.67. The van der Waals surface area contributed by atoms with Crippen molar-refractivity contribution >= 4 is 34.0 Å². The van der Waals surface area contributed by atoms with Crippen molar-refractivity contribution in [1.82, 2.24) is 9.88 Å². The number of anilines is 1. The Morgan fingerprint density at radius 1 is 1.19 bits per heavy atom. The molecule has 0 saturated carbocycles. The van der Waals surface area contributed by atoms with Crippen molar-refractivity contribution in [2.45, 2.75) is 6.42 Å². The van der Waals surface area contributed by atoms with Gasteiger partial charge in [0.05, 0.1) is 18.3 Å². The van der Waals surface area contributed by atoms with Gasteiger partial charge in [0.15, 0.2) is 0 Å². The number of amides is 1. The summed E-state index contributed by atoms with van der Waals surface area (Å²) in [4.78, 5) is 18.7. The molecule has 0 saturated heterocycles. The van der Waals surface area contributed by atoms with Crippen LogP contribution >= 0.6 is 11.6 Å². The molecule has 6 heteroatoms. The molecule has 140 valence electrons. The Morgan fingerprint density at radius 3 is 2.81 bits per heavy atom. The lowest BCUT2D eigenvalue weighted by Gasteiger charge is -2.13. The van der Waals surface area contributed by atoms with Crippen LogP contribution < -0.4 is 10.1 Å². The molecule has 1 amide bonds. The maximum atomic E-state index is 12.5. The Balaban J connectivity index is 1.75. The maximum Gasteiger partial charge on any atom is 0.228 e. The van der Waals surface area contributed by atoms with Gasteiger partial charge in [0, 0.05) is 28.5 Å². The largest absolute Gasteiger partial charge is 0.492 e. The van der Waals surface area contributed by atoms with Gasteiger partial charge in [0.25, 0.3) is 0 Å². The summed E-state index contributed by atoms with van der Waals surface area (Å²) in [7, 11) is 4.01. The lowest BCUT2D eigenvalue weighted by molar-refractivity contribution is -0.115. The van der Waals surface area contributed by atoms with Crippen molar-refractivity contribution in [1.29, 1.82) is 0 Å². The number of carbonyl (C=O) groups excluding carboxylic acids is 1. The van der Waals surface area contributed by atoms with E-state index in [-0.39, 0.29) is 12.3 Å². The van der Waals surface area contributed by atoms with Crippen LogP contribution in [-0.2, 0) is 11.2 Å². The van der Waals surface area contributed by atoms with Crippen LogP contribution in [0.1, 0.15) is 5.56 Å². The Kier molecular flexibility index (Phi) is 6.27. The van der Waals surface area contributed by atoms with E-state index in [0.29, 0.717) is 17.3 Å². The van der Waals surface area contributed by atoms with Gasteiger partial charge in [-0.15, -0.1) is 0 Å². The van der Waals surface area contributed by atoms with Gasteiger partial charge in [-0.25, -0.2) is 0 Å². The number of nitrogens with zero attached hydrogens (tertiary/aromatic N) is 2. The summed E-state index contributed by atoms with van der Waals surface area (Å²) in [6, 6.07) is 13.1. The van der Waals surface area contributed by atoms with Gasteiger partial charge in [-0.05, 0) is 50.0 Å². The highest BCUT2D eigenvalue weighted by molar-refractivity contribution is 6.30. The topological polar surface area (TPSA) is 54.5 Å². The van der Waals surface area contributed by atoms with Crippen molar-refractivity contribution < 1.29 is 9.53 Å². The summed E-state index contributed by atoms with van der Waals surface area (Å²) in [6.45, 7) is 1.43. The first-order valence-electron chi connectivity index (χ1n) is 8.71. The normalized spacial score (nSPS) is 11.0. The van der Waals surface area contributed by atoms with Crippen LogP contribution in [0, 0.1) is 0 Å². The number of rotatable bonds is 7. The van der Waals surface area contributed by atoms with E-state index in [4.69, 9.17) is 16.3 Å². The summed E-state index contributed by atoms with van der Waals surface area (Å²) in [5.41, 5.74) is 1.53. The highest BCUT2D eigenvalue weighted by atomic mass is 35.5. The molecule has 3 rings (SSSR count). The highest BCUT2D eigenvalue weighted by Crippen LogP contribution is 2.27. The zero-order valence-electron chi connectivity index (χ0n) is 15.4. The molecule has 0 aliphatic rings. The van der Waals surface area contributed by atoms with Gasteiger partial charge in [-0.2, -0.15) is 0 Å². The minimum atomic E-state index is -0.120. The van der Waals surface area contributed by atoms with E-state index in [2.05, 4.69) is 15.2 Å². The fraction of sp³-hybridized carbons (Fsp3) is 0.238. The average Bonchev–Trinajstić information content (AvgIpc) is 2.62. The van der Waals surface area contributed by atoms with E-state index in [1.54, 1.807) is 24.5 Å². The Bertz CT molecular complexity index is 944. The molecule has 0 unspecified atom stereocenters. The van der Waals surface area contributed by atoms with E-state index in [1.165, 1.54) is 0 Å². The van der Waals surface area contributed by atoms with Gasteiger partial charge in [0.1, 0.15) is 12.4 Å². The molecule has 1 N–H and O–H groups in total. The lowest BCUT2D eigenvalue weighted by Crippen LogP contribution is -2.19. The van der Waals surface area contributed by atoms with E-state index in [1.807, 2.05) is 44.4 Å². The molecule has 0 aliphatic heterocycles. The number of nitrogens with one attached hydrogen (secondary N) is 1. The zero-order chi connectivity index (χ0) is 19.2. The second-order valence-corrected chi connectivity index (χ2v) is 7.01. The minimum Gasteiger partial charge on any atom is -0.492 e. The van der Waals surface area contributed by atoms with Crippen LogP contribution in [0.25, 0.3) is 10.8 Å². The third kappa shape index (κ3) is 5.42. The quantitative estimate of drug-likeness (QED) is 0.669.